The fourth-order valence-electron chi connectivity index (χ4n) is 4.77. The Kier molecular flexibility index (Phi) is 8.83. The summed E-state index contributed by atoms with van der Waals surface area (Å²) < 4.78 is 5.21. The molecule has 2 aliphatic rings. The van der Waals surface area contributed by atoms with E-state index in [2.05, 4.69) is 24.2 Å². The summed E-state index contributed by atoms with van der Waals surface area (Å²) in [6, 6.07) is 15.0. The number of nitrogens with zero attached hydrogens (tertiary/aromatic N) is 3. The molecule has 1 heterocycles. The van der Waals surface area contributed by atoms with Crippen molar-refractivity contribution in [2.45, 2.75) is 25.2 Å². The number of nitrogens with one attached hydrogen (secondary N) is 1. The van der Waals surface area contributed by atoms with E-state index in [0.29, 0.717) is 29.0 Å². The van der Waals surface area contributed by atoms with E-state index in [1.165, 1.54) is 0 Å². The van der Waals surface area contributed by atoms with Crippen LogP contribution in [0.5, 0.6) is 0 Å². The standard InChI is InChI=1S/C28H34N4O4S/c1-6-32(7-2)18-10-17-29-35-36-37-20-15-13-19(14-16-20)25-23-24(28(34)31(25)5)26(30(3)4)21-11-8-9-12-22(21)27(23)33/h8-9,11-16,29H,6-7,10,17-18H2,1-5H3. The van der Waals surface area contributed by atoms with Crippen molar-refractivity contribution < 1.29 is 18.9 Å². The second kappa shape index (κ2) is 12.1. The third-order valence-electron chi connectivity index (χ3n) is 6.68. The first-order chi connectivity index (χ1) is 17.9. The summed E-state index contributed by atoms with van der Waals surface area (Å²) in [5.41, 5.74) is 7.26. The molecule has 37 heavy (non-hydrogen) atoms. The number of carbonyl (C=O) groups excluding carboxylic acids is 2. The third kappa shape index (κ3) is 5.51. The van der Waals surface area contributed by atoms with Gasteiger partial charge in [0.2, 0.25) is 0 Å². The van der Waals surface area contributed by atoms with Crippen molar-refractivity contribution in [2.24, 2.45) is 0 Å². The van der Waals surface area contributed by atoms with Gasteiger partial charge >= 0.3 is 0 Å². The number of likely N-dealkylation sites (N-methyl/N-ethyl adjacent to an activating group) is 1. The summed E-state index contributed by atoms with van der Waals surface area (Å²) in [5, 5.41) is 0. The molecule has 9 heteroatoms. The molecule has 1 aliphatic carbocycles. The Bertz CT molecular complexity index is 1220. The Hall–Kier alpha value is -2.95. The lowest BCUT2D eigenvalue weighted by atomic mass is 9.83. The van der Waals surface area contributed by atoms with Crippen LogP contribution in [0.25, 0.3) is 11.4 Å². The molecular formula is C28H34N4O4S. The molecule has 1 aliphatic heterocycles. The number of carbonyl (C=O) groups is 2. The first kappa shape index (κ1) is 27.1. The van der Waals surface area contributed by atoms with Crippen molar-refractivity contribution in [3.8, 4) is 0 Å². The molecule has 2 aromatic rings. The van der Waals surface area contributed by atoms with Crippen LogP contribution in [0.15, 0.2) is 64.6 Å². The number of benzene rings is 2. The van der Waals surface area contributed by atoms with E-state index in [0.717, 1.165) is 59.8 Å². The largest absolute Gasteiger partial charge is 0.376 e. The third-order valence-corrected chi connectivity index (χ3v) is 7.28. The lowest BCUT2D eigenvalue weighted by Crippen LogP contribution is -2.27. The van der Waals surface area contributed by atoms with Gasteiger partial charge in [0.05, 0.1) is 34.6 Å². The lowest BCUT2D eigenvalue weighted by molar-refractivity contribution is -0.244. The Morgan fingerprint density at radius 1 is 0.946 bits per heavy atom. The van der Waals surface area contributed by atoms with Crippen molar-refractivity contribution in [3.05, 3.63) is 76.4 Å². The Morgan fingerprint density at radius 2 is 1.62 bits per heavy atom. The molecule has 0 spiro atoms. The lowest BCUT2D eigenvalue weighted by Gasteiger charge is -2.26. The number of ketones is 1. The van der Waals surface area contributed by atoms with Crippen molar-refractivity contribution >= 4 is 35.1 Å². The van der Waals surface area contributed by atoms with E-state index in [-0.39, 0.29) is 11.7 Å². The average molecular weight is 523 g/mol. The van der Waals surface area contributed by atoms with Crippen LogP contribution in [-0.2, 0) is 14.1 Å². The highest BCUT2D eigenvalue weighted by Crippen LogP contribution is 2.45. The predicted octanol–water partition coefficient (Wildman–Crippen LogP) is 4.23. The van der Waals surface area contributed by atoms with E-state index < -0.39 is 0 Å². The molecule has 1 amide bonds. The van der Waals surface area contributed by atoms with Gasteiger partial charge in [-0.2, -0.15) is 5.48 Å². The Morgan fingerprint density at radius 3 is 2.27 bits per heavy atom. The maximum Gasteiger partial charge on any atom is 0.261 e. The summed E-state index contributed by atoms with van der Waals surface area (Å²) in [7, 11) is 5.50. The van der Waals surface area contributed by atoms with E-state index in [9.17, 15) is 9.59 Å². The number of hydroxylamine groups is 1. The highest BCUT2D eigenvalue weighted by molar-refractivity contribution is 7.94. The number of rotatable bonds is 12. The molecule has 196 valence electrons. The summed E-state index contributed by atoms with van der Waals surface area (Å²) >= 11 is 1.09. The second-order valence-electron chi connectivity index (χ2n) is 9.11. The number of fused-ring (bicyclic) bond motifs is 2. The van der Waals surface area contributed by atoms with Crippen LogP contribution in [-0.4, -0.2) is 73.7 Å². The predicted molar refractivity (Wildman–Crippen MR) is 146 cm³/mol. The Labute approximate surface area is 223 Å². The molecule has 0 saturated carbocycles. The molecule has 0 radical (unpaired) electrons. The van der Waals surface area contributed by atoms with Gasteiger partial charge < -0.3 is 14.7 Å². The van der Waals surface area contributed by atoms with Gasteiger partial charge in [-0.25, -0.2) is 0 Å². The first-order valence-corrected chi connectivity index (χ1v) is 13.3. The molecule has 0 atom stereocenters. The minimum Gasteiger partial charge on any atom is -0.376 e. The smallest absolute Gasteiger partial charge is 0.261 e. The number of hydrogen-bond donors (Lipinski definition) is 1. The van der Waals surface area contributed by atoms with E-state index >= 15 is 0 Å². The fourth-order valence-corrected chi connectivity index (χ4v) is 5.18. The van der Waals surface area contributed by atoms with Crippen LogP contribution in [0, 0.1) is 0 Å². The molecule has 0 fully saturated rings. The molecule has 0 saturated heterocycles. The van der Waals surface area contributed by atoms with Crippen LogP contribution in [0.2, 0.25) is 0 Å². The molecule has 0 bridgehead atoms. The van der Waals surface area contributed by atoms with Gasteiger partial charge in [-0.15, -0.1) is 9.32 Å². The van der Waals surface area contributed by atoms with E-state index in [1.54, 1.807) is 11.9 Å². The molecule has 2 aromatic carbocycles. The van der Waals surface area contributed by atoms with Crippen LogP contribution in [0.3, 0.4) is 0 Å². The van der Waals surface area contributed by atoms with Crippen molar-refractivity contribution in [3.63, 3.8) is 0 Å². The summed E-state index contributed by atoms with van der Waals surface area (Å²) in [4.78, 5) is 38.7. The SMILES string of the molecule is CCN(CC)CCCNOOSc1ccc(C2=C3C(=O)c4ccccc4C(N(C)C)=C3C(=O)N2C)cc1. The second-order valence-corrected chi connectivity index (χ2v) is 9.89. The Balaban J connectivity index is 1.48. The first-order valence-electron chi connectivity index (χ1n) is 12.5. The zero-order chi connectivity index (χ0) is 26.5. The maximum atomic E-state index is 13.6. The van der Waals surface area contributed by atoms with Gasteiger partial charge in [-0.1, -0.05) is 50.2 Å². The van der Waals surface area contributed by atoms with Gasteiger partial charge in [-0.05, 0) is 43.8 Å². The topological polar surface area (TPSA) is 74.4 Å². The quantitative estimate of drug-likeness (QED) is 0.192. The highest BCUT2D eigenvalue weighted by Gasteiger charge is 2.43. The maximum absolute atomic E-state index is 13.6. The van der Waals surface area contributed by atoms with Gasteiger partial charge in [0, 0.05) is 43.7 Å². The molecule has 1 N–H and O–H groups in total. The van der Waals surface area contributed by atoms with Gasteiger partial charge in [0.1, 0.15) is 0 Å². The molecular weight excluding hydrogens is 488 g/mol. The molecule has 8 nitrogen and oxygen atoms in total. The zero-order valence-corrected chi connectivity index (χ0v) is 22.9. The average Bonchev–Trinajstić information content (AvgIpc) is 3.16. The summed E-state index contributed by atoms with van der Waals surface area (Å²) in [6.45, 7) is 8.08. The van der Waals surface area contributed by atoms with Crippen molar-refractivity contribution in [1.29, 1.82) is 0 Å². The molecule has 0 aromatic heterocycles. The minimum atomic E-state index is -0.182. The monoisotopic (exact) mass is 522 g/mol. The van der Waals surface area contributed by atoms with Crippen molar-refractivity contribution in [1.82, 2.24) is 20.2 Å². The van der Waals surface area contributed by atoms with Crippen LogP contribution >= 0.6 is 12.0 Å². The minimum absolute atomic E-state index is 0.133. The van der Waals surface area contributed by atoms with E-state index in [1.807, 2.05) is 67.5 Å². The van der Waals surface area contributed by atoms with Crippen LogP contribution in [0.1, 0.15) is 41.8 Å². The fraction of sp³-hybridized carbons (Fsp3) is 0.357. The summed E-state index contributed by atoms with van der Waals surface area (Å²) in [5.74, 6) is -0.315. The summed E-state index contributed by atoms with van der Waals surface area (Å²) in [6.07, 6.45) is 0.962. The van der Waals surface area contributed by atoms with Crippen LogP contribution < -0.4 is 5.48 Å². The number of Topliss-reactive ketones (excluding diaryl/α,β-unsaturated/α-hetero) is 1. The van der Waals surface area contributed by atoms with Crippen molar-refractivity contribution in [2.75, 3.05) is 47.3 Å². The normalized spacial score (nSPS) is 15.1. The zero-order valence-electron chi connectivity index (χ0n) is 22.0. The van der Waals surface area contributed by atoms with Gasteiger partial charge in [0.15, 0.2) is 5.78 Å². The molecule has 4 rings (SSSR count). The van der Waals surface area contributed by atoms with Gasteiger partial charge in [-0.3, -0.25) is 9.59 Å². The highest BCUT2D eigenvalue weighted by atomic mass is 32.2. The van der Waals surface area contributed by atoms with E-state index in [4.69, 9.17) is 9.32 Å². The van der Waals surface area contributed by atoms with Gasteiger partial charge in [0.25, 0.3) is 5.91 Å². The number of amides is 1. The van der Waals surface area contributed by atoms with Crippen LogP contribution in [0.4, 0.5) is 0 Å². The number of hydrogen-bond acceptors (Lipinski definition) is 8. The molecule has 0 unspecified atom stereocenters.